The van der Waals surface area contributed by atoms with Gasteiger partial charge in [-0.15, -0.1) is 0 Å². The van der Waals surface area contributed by atoms with Crippen molar-refractivity contribution >= 4 is 11.6 Å². The number of imidazole rings is 1. The Kier molecular flexibility index (Phi) is 7.35. The van der Waals surface area contributed by atoms with Gasteiger partial charge in [-0.25, -0.2) is 14.3 Å². The van der Waals surface area contributed by atoms with Crippen LogP contribution in [0.25, 0.3) is 0 Å². The summed E-state index contributed by atoms with van der Waals surface area (Å²) in [6.45, 7) is 1.29. The zero-order valence-electron chi connectivity index (χ0n) is 15.4. The summed E-state index contributed by atoms with van der Waals surface area (Å²) in [6.07, 6.45) is -2.08. The van der Waals surface area contributed by atoms with E-state index in [1.165, 1.54) is 23.0 Å². The SMILES string of the molecule is Cc1ncc([N+](=O)[O-])n1CCO.Nc1ccn([C@@H]2O[C@H](CO)[C@@H](O)[C@@H]2O)c(=O)n1. The van der Waals surface area contributed by atoms with Crippen LogP contribution in [-0.2, 0) is 11.3 Å². The summed E-state index contributed by atoms with van der Waals surface area (Å²) in [5, 5.41) is 47.1. The van der Waals surface area contributed by atoms with E-state index in [-0.39, 0.29) is 24.8 Å². The monoisotopic (exact) mass is 414 g/mol. The number of nitro groups is 1. The van der Waals surface area contributed by atoms with Crippen molar-refractivity contribution in [2.24, 2.45) is 0 Å². The lowest BCUT2D eigenvalue weighted by molar-refractivity contribution is -0.392. The number of aliphatic hydroxyl groups excluding tert-OH is 4. The molecule has 0 amide bonds. The van der Waals surface area contributed by atoms with E-state index in [2.05, 4.69) is 9.97 Å². The summed E-state index contributed by atoms with van der Waals surface area (Å²) < 4.78 is 7.55. The van der Waals surface area contributed by atoms with Gasteiger partial charge in [0.1, 0.15) is 36.9 Å². The van der Waals surface area contributed by atoms with Crippen LogP contribution >= 0.6 is 0 Å². The van der Waals surface area contributed by atoms with Gasteiger partial charge in [-0.3, -0.25) is 4.57 Å². The fourth-order valence-corrected chi connectivity index (χ4v) is 2.71. The molecule has 1 saturated heterocycles. The van der Waals surface area contributed by atoms with Crippen LogP contribution in [0.5, 0.6) is 0 Å². The van der Waals surface area contributed by atoms with Gasteiger partial charge in [0.15, 0.2) is 12.1 Å². The van der Waals surface area contributed by atoms with Gasteiger partial charge in [0.05, 0.1) is 13.2 Å². The maximum atomic E-state index is 11.5. The van der Waals surface area contributed by atoms with Crippen LogP contribution in [0.4, 0.5) is 11.6 Å². The molecular formula is C15H22N6O8. The van der Waals surface area contributed by atoms with E-state index < -0.39 is 41.8 Å². The van der Waals surface area contributed by atoms with Crippen molar-refractivity contribution in [3.8, 4) is 0 Å². The Bertz CT molecular complexity index is 899. The van der Waals surface area contributed by atoms with E-state index in [0.29, 0.717) is 5.82 Å². The van der Waals surface area contributed by atoms with Gasteiger partial charge in [0, 0.05) is 13.1 Å². The van der Waals surface area contributed by atoms with E-state index in [4.69, 9.17) is 20.7 Å². The standard InChI is InChI=1S/C9H13N3O5.C6H9N3O3/c10-5-1-2-12(9(16)11-5)8-7(15)6(14)4(3-13)17-8;1-5-7-4-6(9(11)12)8(5)2-3-10/h1-2,4,6-8,13-15H,3H2,(H2,10,11,16);4,10H,2-3H2,1H3/t4-,6-,7+,8-;/m1./s1. The Balaban J connectivity index is 0.000000221. The topological polar surface area (TPSA) is 212 Å². The lowest BCUT2D eigenvalue weighted by Gasteiger charge is -2.16. The number of aryl methyl sites for hydroxylation is 1. The molecule has 2 aromatic rings. The summed E-state index contributed by atoms with van der Waals surface area (Å²) in [5.74, 6) is 0.510. The first-order valence-corrected chi connectivity index (χ1v) is 8.45. The van der Waals surface area contributed by atoms with E-state index in [0.717, 1.165) is 4.57 Å². The molecule has 160 valence electrons. The van der Waals surface area contributed by atoms with Crippen molar-refractivity contribution in [2.75, 3.05) is 18.9 Å². The highest BCUT2D eigenvalue weighted by molar-refractivity contribution is 5.23. The lowest BCUT2D eigenvalue weighted by Crippen LogP contribution is -2.36. The number of aromatic nitrogens is 4. The molecular weight excluding hydrogens is 392 g/mol. The van der Waals surface area contributed by atoms with E-state index in [1.807, 2.05) is 0 Å². The lowest BCUT2D eigenvalue weighted by atomic mass is 10.1. The van der Waals surface area contributed by atoms with Gasteiger partial charge >= 0.3 is 11.5 Å². The van der Waals surface area contributed by atoms with Crippen molar-refractivity contribution in [3.63, 3.8) is 0 Å². The second-order valence-electron chi connectivity index (χ2n) is 6.07. The number of anilines is 1. The molecule has 14 heteroatoms. The third-order valence-corrected chi connectivity index (χ3v) is 4.19. The average Bonchev–Trinajstić information content (AvgIpc) is 3.17. The number of nitrogens with two attached hydrogens (primary N) is 1. The first-order chi connectivity index (χ1) is 13.7. The maximum Gasteiger partial charge on any atom is 0.351 e. The quantitative estimate of drug-likeness (QED) is 0.255. The molecule has 0 aromatic carbocycles. The molecule has 0 saturated carbocycles. The minimum Gasteiger partial charge on any atom is -0.394 e. The Hall–Kier alpha value is -2.91. The second-order valence-corrected chi connectivity index (χ2v) is 6.07. The van der Waals surface area contributed by atoms with Crippen LogP contribution in [-0.4, -0.2) is 76.0 Å². The van der Waals surface area contributed by atoms with Gasteiger partial charge < -0.3 is 41.0 Å². The molecule has 0 radical (unpaired) electrons. The summed E-state index contributed by atoms with van der Waals surface area (Å²) in [6, 6.07) is 1.37. The maximum absolute atomic E-state index is 11.5. The van der Waals surface area contributed by atoms with Gasteiger partial charge in [0.25, 0.3) is 0 Å². The number of nitrogens with zero attached hydrogens (tertiary/aromatic N) is 5. The molecule has 6 N–H and O–H groups in total. The molecule has 1 fully saturated rings. The minimum absolute atomic E-state index is 0.0537. The molecule has 3 heterocycles. The second kappa shape index (κ2) is 9.53. The van der Waals surface area contributed by atoms with Crippen LogP contribution < -0.4 is 11.4 Å². The van der Waals surface area contributed by atoms with Gasteiger partial charge in [0.2, 0.25) is 0 Å². The molecule has 4 atom stereocenters. The smallest absolute Gasteiger partial charge is 0.351 e. The number of ether oxygens (including phenoxy) is 1. The van der Waals surface area contributed by atoms with E-state index in [9.17, 15) is 25.1 Å². The fraction of sp³-hybridized carbons (Fsp3) is 0.533. The molecule has 0 aliphatic carbocycles. The molecule has 2 aromatic heterocycles. The van der Waals surface area contributed by atoms with E-state index in [1.54, 1.807) is 6.92 Å². The first-order valence-electron chi connectivity index (χ1n) is 8.45. The van der Waals surface area contributed by atoms with Crippen LogP contribution in [0.2, 0.25) is 0 Å². The molecule has 0 bridgehead atoms. The first kappa shape index (κ1) is 22.4. The van der Waals surface area contributed by atoms with Crippen molar-refractivity contribution < 1.29 is 30.1 Å². The Labute approximate surface area is 163 Å². The predicted molar refractivity (Wildman–Crippen MR) is 96.6 cm³/mol. The van der Waals surface area contributed by atoms with Crippen molar-refractivity contribution in [2.45, 2.75) is 38.0 Å². The molecule has 29 heavy (non-hydrogen) atoms. The Morgan fingerprint density at radius 2 is 2.03 bits per heavy atom. The van der Waals surface area contributed by atoms with Gasteiger partial charge in [-0.1, -0.05) is 0 Å². The highest BCUT2D eigenvalue weighted by Crippen LogP contribution is 2.27. The number of nitrogen functional groups attached to an aromatic ring is 1. The Morgan fingerprint density at radius 1 is 1.34 bits per heavy atom. The van der Waals surface area contributed by atoms with Crippen LogP contribution in [0, 0.1) is 17.0 Å². The molecule has 3 rings (SSSR count). The summed E-state index contributed by atoms with van der Waals surface area (Å²) >= 11 is 0. The summed E-state index contributed by atoms with van der Waals surface area (Å²) in [7, 11) is 0. The molecule has 1 aliphatic heterocycles. The summed E-state index contributed by atoms with van der Waals surface area (Å²) in [5.41, 5.74) is 4.63. The van der Waals surface area contributed by atoms with E-state index >= 15 is 0 Å². The van der Waals surface area contributed by atoms with Gasteiger partial charge in [-0.2, -0.15) is 4.98 Å². The molecule has 14 nitrogen and oxygen atoms in total. The molecule has 1 aliphatic rings. The number of hydrogen-bond donors (Lipinski definition) is 5. The zero-order chi connectivity index (χ0) is 21.7. The van der Waals surface area contributed by atoms with Crippen molar-refractivity contribution in [3.05, 3.63) is 44.9 Å². The fourth-order valence-electron chi connectivity index (χ4n) is 2.71. The third kappa shape index (κ3) is 4.93. The van der Waals surface area contributed by atoms with Crippen LogP contribution in [0.3, 0.4) is 0 Å². The average molecular weight is 414 g/mol. The molecule has 0 unspecified atom stereocenters. The van der Waals surface area contributed by atoms with Crippen LogP contribution in [0.15, 0.2) is 23.3 Å². The summed E-state index contributed by atoms with van der Waals surface area (Å²) in [4.78, 5) is 28.6. The highest BCUT2D eigenvalue weighted by atomic mass is 16.6. The largest absolute Gasteiger partial charge is 0.394 e. The Morgan fingerprint density at radius 3 is 2.55 bits per heavy atom. The van der Waals surface area contributed by atoms with Crippen LogP contribution in [0.1, 0.15) is 12.1 Å². The number of aliphatic hydroxyl groups is 4. The minimum atomic E-state index is -1.31. The third-order valence-electron chi connectivity index (χ3n) is 4.19. The highest BCUT2D eigenvalue weighted by Gasteiger charge is 2.43. The predicted octanol–water partition coefficient (Wildman–Crippen LogP) is -2.47. The normalized spacial score (nSPS) is 23.5. The molecule has 0 spiro atoms. The number of hydrogen-bond acceptors (Lipinski definition) is 11. The van der Waals surface area contributed by atoms with Gasteiger partial charge in [-0.05, 0) is 11.0 Å². The van der Waals surface area contributed by atoms with Crippen molar-refractivity contribution in [1.82, 2.24) is 19.1 Å². The zero-order valence-corrected chi connectivity index (χ0v) is 15.4. The van der Waals surface area contributed by atoms with Crippen molar-refractivity contribution in [1.29, 1.82) is 0 Å². The number of rotatable bonds is 5.